The van der Waals surface area contributed by atoms with Crippen LogP contribution in [-0.4, -0.2) is 59.4 Å². The largest absolute Gasteiger partial charge is 0.495 e. The van der Waals surface area contributed by atoms with Crippen LogP contribution < -0.4 is 20.3 Å². The molecule has 0 spiro atoms. The van der Waals surface area contributed by atoms with Crippen LogP contribution in [-0.2, 0) is 0 Å². The molecule has 31 heavy (non-hydrogen) atoms. The van der Waals surface area contributed by atoms with E-state index in [1.54, 1.807) is 12.0 Å². The summed E-state index contributed by atoms with van der Waals surface area (Å²) in [5, 5.41) is 14.7. The number of methoxy groups -OCH3 is 1. The number of anilines is 4. The van der Waals surface area contributed by atoms with E-state index in [4.69, 9.17) is 4.74 Å². The van der Waals surface area contributed by atoms with Crippen molar-refractivity contribution < 1.29 is 9.53 Å². The number of hydrogen-bond acceptors (Lipinski definition) is 7. The van der Waals surface area contributed by atoms with Gasteiger partial charge in [-0.05, 0) is 43.3 Å². The van der Waals surface area contributed by atoms with E-state index in [2.05, 4.69) is 30.7 Å². The fourth-order valence-electron chi connectivity index (χ4n) is 3.39. The van der Waals surface area contributed by atoms with E-state index in [9.17, 15) is 4.79 Å². The zero-order valence-electron chi connectivity index (χ0n) is 17.6. The van der Waals surface area contributed by atoms with E-state index in [0.29, 0.717) is 43.4 Å². The van der Waals surface area contributed by atoms with Crippen LogP contribution in [0.15, 0.2) is 54.6 Å². The van der Waals surface area contributed by atoms with Crippen molar-refractivity contribution in [1.29, 1.82) is 0 Å². The van der Waals surface area contributed by atoms with Crippen molar-refractivity contribution in [3.63, 3.8) is 0 Å². The molecule has 4 rings (SSSR count). The van der Waals surface area contributed by atoms with Gasteiger partial charge in [-0.2, -0.15) is 0 Å². The maximum Gasteiger partial charge on any atom is 0.322 e. The summed E-state index contributed by atoms with van der Waals surface area (Å²) >= 11 is 0. The first-order valence-electron chi connectivity index (χ1n) is 10.1. The summed E-state index contributed by atoms with van der Waals surface area (Å²) in [6, 6.07) is 16.8. The molecule has 2 amide bonds. The second kappa shape index (κ2) is 9.29. The highest BCUT2D eigenvalue weighted by atomic mass is 16.5. The number of urea groups is 1. The van der Waals surface area contributed by atoms with Gasteiger partial charge < -0.3 is 25.2 Å². The maximum absolute atomic E-state index is 12.6. The molecule has 1 aliphatic heterocycles. The molecule has 0 radical (unpaired) electrons. The van der Waals surface area contributed by atoms with Crippen molar-refractivity contribution >= 4 is 29.2 Å². The first kappa shape index (κ1) is 20.4. The van der Waals surface area contributed by atoms with Crippen LogP contribution in [0.5, 0.6) is 5.75 Å². The summed E-state index contributed by atoms with van der Waals surface area (Å²) in [5.74, 6) is 2.79. The number of amides is 2. The summed E-state index contributed by atoms with van der Waals surface area (Å²) < 4.78 is 5.30. The molecular formula is C22H25N7O2. The van der Waals surface area contributed by atoms with E-state index >= 15 is 0 Å². The van der Waals surface area contributed by atoms with E-state index in [0.717, 1.165) is 17.3 Å². The molecule has 1 aliphatic rings. The summed E-state index contributed by atoms with van der Waals surface area (Å²) in [6.45, 7) is 4.49. The first-order chi connectivity index (χ1) is 15.1. The van der Waals surface area contributed by atoms with Gasteiger partial charge in [0.2, 0.25) is 0 Å². The number of rotatable bonds is 5. The van der Waals surface area contributed by atoms with Crippen molar-refractivity contribution in [2.24, 2.45) is 0 Å². The fraction of sp³-hybridized carbons (Fsp3) is 0.273. The van der Waals surface area contributed by atoms with Crippen LogP contribution >= 0.6 is 0 Å². The molecule has 9 nitrogen and oxygen atoms in total. The Labute approximate surface area is 181 Å². The Bertz CT molecular complexity index is 1030. The molecule has 0 atom stereocenters. The van der Waals surface area contributed by atoms with Crippen LogP contribution in [0.2, 0.25) is 0 Å². The maximum atomic E-state index is 12.6. The predicted molar refractivity (Wildman–Crippen MR) is 120 cm³/mol. The molecule has 9 heteroatoms. The lowest BCUT2D eigenvalue weighted by Crippen LogP contribution is -2.50. The average Bonchev–Trinajstić information content (AvgIpc) is 2.80. The highest BCUT2D eigenvalue weighted by molar-refractivity contribution is 5.91. The smallest absolute Gasteiger partial charge is 0.322 e. The number of aromatic nitrogens is 3. The van der Waals surface area contributed by atoms with Crippen LogP contribution in [0, 0.1) is 6.92 Å². The molecule has 2 aromatic heterocycles. The Morgan fingerprint density at radius 3 is 2.45 bits per heavy atom. The van der Waals surface area contributed by atoms with Gasteiger partial charge in [0.15, 0.2) is 11.6 Å². The number of aryl methyl sites for hydroxylation is 1. The number of hydrogen-bond donors (Lipinski definition) is 2. The Hall–Kier alpha value is -3.88. The quantitative estimate of drug-likeness (QED) is 0.655. The number of ether oxygens (including phenoxy) is 1. The fourth-order valence-corrected chi connectivity index (χ4v) is 3.39. The molecule has 0 aliphatic carbocycles. The molecule has 0 unspecified atom stereocenters. The summed E-state index contributed by atoms with van der Waals surface area (Å²) in [6.07, 6.45) is 0. The third-order valence-electron chi connectivity index (χ3n) is 5.03. The van der Waals surface area contributed by atoms with Crippen LogP contribution in [0.1, 0.15) is 5.69 Å². The van der Waals surface area contributed by atoms with Crippen molar-refractivity contribution in [1.82, 2.24) is 20.1 Å². The summed E-state index contributed by atoms with van der Waals surface area (Å²) in [4.78, 5) is 20.9. The number of pyridine rings is 1. The normalized spacial score (nSPS) is 13.6. The second-order valence-electron chi connectivity index (χ2n) is 7.17. The van der Waals surface area contributed by atoms with Gasteiger partial charge in [-0.3, -0.25) is 0 Å². The van der Waals surface area contributed by atoms with Gasteiger partial charge in [-0.15, -0.1) is 10.2 Å². The van der Waals surface area contributed by atoms with Gasteiger partial charge in [-0.25, -0.2) is 9.78 Å². The van der Waals surface area contributed by atoms with Crippen molar-refractivity contribution in [2.75, 3.05) is 48.8 Å². The van der Waals surface area contributed by atoms with E-state index in [1.165, 1.54) is 0 Å². The number of nitrogens with zero attached hydrogens (tertiary/aromatic N) is 5. The number of benzene rings is 1. The van der Waals surface area contributed by atoms with E-state index in [-0.39, 0.29) is 6.03 Å². The molecule has 0 bridgehead atoms. The van der Waals surface area contributed by atoms with Crippen LogP contribution in [0.4, 0.5) is 27.9 Å². The SMILES string of the molecule is COc1ccccc1NC(=O)N1CCN(c2ccc(Nc3cccc(C)n3)nn2)CC1. The lowest BCUT2D eigenvalue weighted by Gasteiger charge is -2.35. The van der Waals surface area contributed by atoms with Crippen molar-refractivity contribution in [3.05, 3.63) is 60.3 Å². The zero-order chi connectivity index (χ0) is 21.6. The highest BCUT2D eigenvalue weighted by Gasteiger charge is 2.22. The Morgan fingerprint density at radius 2 is 1.74 bits per heavy atom. The average molecular weight is 419 g/mol. The van der Waals surface area contributed by atoms with Gasteiger partial charge in [0.25, 0.3) is 0 Å². The van der Waals surface area contributed by atoms with Crippen molar-refractivity contribution in [3.8, 4) is 5.75 Å². The monoisotopic (exact) mass is 419 g/mol. The number of carbonyl (C=O) groups excluding carboxylic acids is 1. The minimum atomic E-state index is -0.138. The number of para-hydroxylation sites is 2. The molecule has 160 valence electrons. The highest BCUT2D eigenvalue weighted by Crippen LogP contribution is 2.24. The zero-order valence-corrected chi connectivity index (χ0v) is 17.6. The van der Waals surface area contributed by atoms with Gasteiger partial charge in [0, 0.05) is 31.9 Å². The third kappa shape index (κ3) is 5.00. The Morgan fingerprint density at radius 1 is 0.935 bits per heavy atom. The number of carbonyl (C=O) groups is 1. The molecule has 3 aromatic rings. The predicted octanol–water partition coefficient (Wildman–Crippen LogP) is 3.29. The van der Waals surface area contributed by atoms with Gasteiger partial charge >= 0.3 is 6.03 Å². The molecule has 1 fully saturated rings. The molecule has 2 N–H and O–H groups in total. The minimum absolute atomic E-state index is 0.138. The standard InChI is InChI=1S/C22H25N7O2/c1-16-6-5-9-19(23-16)25-20-10-11-21(27-26-20)28-12-14-29(15-13-28)22(30)24-17-7-3-4-8-18(17)31-2/h3-11H,12-15H2,1-2H3,(H,24,30)(H,23,25,26). The first-order valence-corrected chi connectivity index (χ1v) is 10.1. The van der Waals surface area contributed by atoms with Gasteiger partial charge in [0.05, 0.1) is 12.8 Å². The Balaban J connectivity index is 1.31. The van der Waals surface area contributed by atoms with Gasteiger partial charge in [0.1, 0.15) is 11.6 Å². The number of nitrogens with one attached hydrogen (secondary N) is 2. The minimum Gasteiger partial charge on any atom is -0.495 e. The molecule has 1 saturated heterocycles. The molecule has 1 aromatic carbocycles. The summed E-state index contributed by atoms with van der Waals surface area (Å²) in [7, 11) is 1.59. The van der Waals surface area contributed by atoms with E-state index < -0.39 is 0 Å². The molecular weight excluding hydrogens is 394 g/mol. The molecule has 3 heterocycles. The second-order valence-corrected chi connectivity index (χ2v) is 7.17. The van der Waals surface area contributed by atoms with E-state index in [1.807, 2.05) is 61.5 Å². The lowest BCUT2D eigenvalue weighted by atomic mass is 10.3. The lowest BCUT2D eigenvalue weighted by molar-refractivity contribution is 0.208. The Kier molecular flexibility index (Phi) is 6.11. The summed E-state index contributed by atoms with van der Waals surface area (Å²) in [5.41, 5.74) is 1.59. The number of piperazine rings is 1. The van der Waals surface area contributed by atoms with Crippen LogP contribution in [0.25, 0.3) is 0 Å². The molecule has 0 saturated carbocycles. The van der Waals surface area contributed by atoms with Crippen molar-refractivity contribution in [2.45, 2.75) is 6.92 Å². The third-order valence-corrected chi connectivity index (χ3v) is 5.03. The van der Waals surface area contributed by atoms with Crippen LogP contribution in [0.3, 0.4) is 0 Å². The topological polar surface area (TPSA) is 95.5 Å². The van der Waals surface area contributed by atoms with Gasteiger partial charge in [-0.1, -0.05) is 18.2 Å².